The van der Waals surface area contributed by atoms with E-state index in [4.69, 9.17) is 22.3 Å². The maximum atomic E-state index is 7.01. The standard InChI is InChI=1S/C6H10N6S2/c7-4(8)12-6-11-3(2-14-6)1-13-5(9)10/h2H,1H2,(H3,9,10)(H4,7,8,11,12). The lowest BCUT2D eigenvalue weighted by Gasteiger charge is -1.96. The number of nitrogens with one attached hydrogen (secondary N) is 3. The SMILES string of the molecule is N=C(N)Nc1nc(CSC(=N)N)cs1. The highest BCUT2D eigenvalue weighted by Gasteiger charge is 2.02. The first-order chi connectivity index (χ1) is 6.58. The molecule has 1 aromatic rings. The van der Waals surface area contributed by atoms with Crippen LogP contribution >= 0.6 is 23.1 Å². The Morgan fingerprint density at radius 1 is 1.57 bits per heavy atom. The second-order valence-corrected chi connectivity index (χ2v) is 4.21. The fourth-order valence-electron chi connectivity index (χ4n) is 0.698. The minimum absolute atomic E-state index is 0.0686. The first-order valence-corrected chi connectivity index (χ1v) is 5.46. The fourth-order valence-corrected chi connectivity index (χ4v) is 1.98. The highest BCUT2D eigenvalue weighted by atomic mass is 32.2. The van der Waals surface area contributed by atoms with Gasteiger partial charge in [-0.1, -0.05) is 11.8 Å². The van der Waals surface area contributed by atoms with Crippen molar-refractivity contribution in [1.29, 1.82) is 10.8 Å². The number of anilines is 1. The van der Waals surface area contributed by atoms with Crippen LogP contribution in [0.25, 0.3) is 0 Å². The van der Waals surface area contributed by atoms with Gasteiger partial charge in [0.2, 0.25) is 0 Å². The fraction of sp³-hybridized carbons (Fsp3) is 0.167. The van der Waals surface area contributed by atoms with Crippen LogP contribution in [0.5, 0.6) is 0 Å². The third kappa shape index (κ3) is 3.62. The highest BCUT2D eigenvalue weighted by molar-refractivity contribution is 8.13. The minimum Gasteiger partial charge on any atom is -0.379 e. The van der Waals surface area contributed by atoms with Crippen LogP contribution in [0.4, 0.5) is 5.13 Å². The summed E-state index contributed by atoms with van der Waals surface area (Å²) in [5.41, 5.74) is 11.1. The Labute approximate surface area is 89.1 Å². The Morgan fingerprint density at radius 3 is 2.86 bits per heavy atom. The van der Waals surface area contributed by atoms with Gasteiger partial charge in [0.1, 0.15) is 0 Å². The van der Waals surface area contributed by atoms with Crippen molar-refractivity contribution in [1.82, 2.24) is 4.98 Å². The van der Waals surface area contributed by atoms with Gasteiger partial charge in [-0.15, -0.1) is 11.3 Å². The van der Waals surface area contributed by atoms with Crippen LogP contribution in [-0.2, 0) is 5.75 Å². The Morgan fingerprint density at radius 2 is 2.29 bits per heavy atom. The number of nitrogens with zero attached hydrogens (tertiary/aromatic N) is 1. The lowest BCUT2D eigenvalue weighted by Crippen LogP contribution is -2.20. The third-order valence-corrected chi connectivity index (χ3v) is 2.73. The molecule has 0 aliphatic rings. The van der Waals surface area contributed by atoms with Crippen molar-refractivity contribution >= 4 is 39.4 Å². The van der Waals surface area contributed by atoms with E-state index in [-0.39, 0.29) is 11.1 Å². The van der Waals surface area contributed by atoms with Crippen LogP contribution in [0, 0.1) is 10.8 Å². The Balaban J connectivity index is 2.50. The molecule has 1 rings (SSSR count). The van der Waals surface area contributed by atoms with Gasteiger partial charge in [-0.2, -0.15) is 0 Å². The summed E-state index contributed by atoms with van der Waals surface area (Å²) in [6.07, 6.45) is 0. The van der Waals surface area contributed by atoms with Crippen LogP contribution < -0.4 is 16.8 Å². The lowest BCUT2D eigenvalue weighted by molar-refractivity contribution is 1.23. The molecule has 6 nitrogen and oxygen atoms in total. The molecule has 0 spiro atoms. The molecule has 0 atom stereocenters. The predicted molar refractivity (Wildman–Crippen MR) is 60.9 cm³/mol. The molecule has 0 saturated heterocycles. The zero-order chi connectivity index (χ0) is 10.6. The summed E-state index contributed by atoms with van der Waals surface area (Å²) in [6.45, 7) is 0. The summed E-state index contributed by atoms with van der Waals surface area (Å²) in [5, 5.41) is 19.1. The van der Waals surface area contributed by atoms with E-state index < -0.39 is 0 Å². The van der Waals surface area contributed by atoms with Gasteiger partial charge in [-0.25, -0.2) is 4.98 Å². The van der Waals surface area contributed by atoms with E-state index in [0.29, 0.717) is 10.9 Å². The van der Waals surface area contributed by atoms with E-state index in [1.807, 2.05) is 5.38 Å². The number of thiazole rings is 1. The first-order valence-electron chi connectivity index (χ1n) is 3.60. The van der Waals surface area contributed by atoms with Crippen molar-refractivity contribution in [2.75, 3.05) is 5.32 Å². The number of amidine groups is 1. The predicted octanol–water partition coefficient (Wildman–Crippen LogP) is 0.575. The number of rotatable bonds is 3. The highest BCUT2D eigenvalue weighted by Crippen LogP contribution is 2.18. The number of thioether (sulfide) groups is 1. The van der Waals surface area contributed by atoms with E-state index in [2.05, 4.69) is 10.3 Å². The van der Waals surface area contributed by atoms with Crippen LogP contribution in [0.1, 0.15) is 5.69 Å². The van der Waals surface area contributed by atoms with Crippen molar-refractivity contribution in [3.05, 3.63) is 11.1 Å². The second-order valence-electron chi connectivity index (χ2n) is 2.34. The average Bonchev–Trinajstić information content (AvgIpc) is 2.47. The van der Waals surface area contributed by atoms with Gasteiger partial charge in [0.05, 0.1) is 5.69 Å². The van der Waals surface area contributed by atoms with Gasteiger partial charge in [0.15, 0.2) is 16.3 Å². The molecule has 0 amide bonds. The van der Waals surface area contributed by atoms with Crippen molar-refractivity contribution in [3.8, 4) is 0 Å². The summed E-state index contributed by atoms with van der Waals surface area (Å²) >= 11 is 2.57. The van der Waals surface area contributed by atoms with Crippen molar-refractivity contribution in [2.45, 2.75) is 5.75 Å². The summed E-state index contributed by atoms with van der Waals surface area (Å²) in [5.74, 6) is 0.427. The largest absolute Gasteiger partial charge is 0.379 e. The number of aromatic nitrogens is 1. The summed E-state index contributed by atoms with van der Waals surface area (Å²) < 4.78 is 0. The summed E-state index contributed by atoms with van der Waals surface area (Å²) in [6, 6.07) is 0. The molecule has 0 aliphatic carbocycles. The summed E-state index contributed by atoms with van der Waals surface area (Å²) in [7, 11) is 0. The van der Waals surface area contributed by atoms with Crippen molar-refractivity contribution in [2.24, 2.45) is 11.5 Å². The smallest absolute Gasteiger partial charge is 0.192 e. The monoisotopic (exact) mass is 230 g/mol. The quantitative estimate of drug-likeness (QED) is 0.383. The van der Waals surface area contributed by atoms with E-state index in [1.165, 1.54) is 23.1 Å². The molecule has 8 heteroatoms. The van der Waals surface area contributed by atoms with Crippen LogP contribution in [0.3, 0.4) is 0 Å². The molecule has 0 saturated carbocycles. The molecule has 0 aliphatic heterocycles. The lowest BCUT2D eigenvalue weighted by atomic mass is 10.6. The number of nitrogens with two attached hydrogens (primary N) is 2. The molecule has 0 radical (unpaired) electrons. The molecule has 0 unspecified atom stereocenters. The van der Waals surface area contributed by atoms with Gasteiger partial charge in [0, 0.05) is 11.1 Å². The molecule has 7 N–H and O–H groups in total. The Bertz CT molecular complexity index is 346. The number of guanidine groups is 1. The van der Waals surface area contributed by atoms with Crippen molar-refractivity contribution in [3.63, 3.8) is 0 Å². The second kappa shape index (κ2) is 4.82. The minimum atomic E-state index is -0.134. The van der Waals surface area contributed by atoms with E-state index in [0.717, 1.165) is 5.69 Å². The molecular weight excluding hydrogens is 220 g/mol. The molecular formula is C6H10N6S2. The molecule has 1 heterocycles. The van der Waals surface area contributed by atoms with E-state index in [1.54, 1.807) is 0 Å². The third-order valence-electron chi connectivity index (χ3n) is 1.17. The van der Waals surface area contributed by atoms with Gasteiger partial charge >= 0.3 is 0 Å². The zero-order valence-electron chi connectivity index (χ0n) is 7.20. The molecule has 76 valence electrons. The van der Waals surface area contributed by atoms with Gasteiger partial charge in [-0.3, -0.25) is 10.8 Å². The Kier molecular flexibility index (Phi) is 3.72. The summed E-state index contributed by atoms with van der Waals surface area (Å²) in [4.78, 5) is 4.14. The first kappa shape index (κ1) is 10.8. The maximum Gasteiger partial charge on any atom is 0.192 e. The molecule has 0 fully saturated rings. The van der Waals surface area contributed by atoms with E-state index in [9.17, 15) is 0 Å². The van der Waals surface area contributed by atoms with Gasteiger partial charge < -0.3 is 16.8 Å². The molecule has 1 aromatic heterocycles. The number of hydrogen-bond acceptors (Lipinski definition) is 5. The zero-order valence-corrected chi connectivity index (χ0v) is 8.84. The van der Waals surface area contributed by atoms with E-state index >= 15 is 0 Å². The normalized spacial score (nSPS) is 9.71. The molecule has 0 bridgehead atoms. The van der Waals surface area contributed by atoms with Crippen LogP contribution in [-0.4, -0.2) is 16.1 Å². The molecule has 14 heavy (non-hydrogen) atoms. The Hall–Kier alpha value is -1.28. The maximum absolute atomic E-state index is 7.01. The van der Waals surface area contributed by atoms with Crippen LogP contribution in [0.2, 0.25) is 0 Å². The number of hydrogen-bond donors (Lipinski definition) is 5. The van der Waals surface area contributed by atoms with Crippen molar-refractivity contribution < 1.29 is 0 Å². The topological polar surface area (TPSA) is 125 Å². The molecule has 0 aromatic carbocycles. The van der Waals surface area contributed by atoms with Gasteiger partial charge in [-0.05, 0) is 0 Å². The average molecular weight is 230 g/mol. The van der Waals surface area contributed by atoms with Crippen LogP contribution in [0.15, 0.2) is 5.38 Å². The van der Waals surface area contributed by atoms with Gasteiger partial charge in [0.25, 0.3) is 0 Å².